The van der Waals surface area contributed by atoms with Crippen molar-refractivity contribution < 1.29 is 14.3 Å². The number of nitrogens with two attached hydrogens (primary N) is 1. The predicted octanol–water partition coefficient (Wildman–Crippen LogP) is 6.05. The van der Waals surface area contributed by atoms with Crippen LogP contribution in [0.1, 0.15) is 47.9 Å². The third-order valence-corrected chi connectivity index (χ3v) is 10.0. The summed E-state index contributed by atoms with van der Waals surface area (Å²) in [4.78, 5) is 21.1. The zero-order chi connectivity index (χ0) is 32.0. The Kier molecular flexibility index (Phi) is 8.75. The molecule has 3 aromatic rings. The molecule has 5 rings (SSSR count). The van der Waals surface area contributed by atoms with Gasteiger partial charge in [-0.2, -0.15) is 0 Å². The van der Waals surface area contributed by atoms with E-state index in [1.54, 1.807) is 43.1 Å². The summed E-state index contributed by atoms with van der Waals surface area (Å²) >= 11 is 8.51. The van der Waals surface area contributed by atoms with E-state index in [0.717, 1.165) is 11.8 Å². The van der Waals surface area contributed by atoms with Crippen LogP contribution in [0.4, 0.5) is 21.5 Å². The molecular formula is C32H35ClFN7O2S. The number of aliphatic hydroxyl groups is 1. The van der Waals surface area contributed by atoms with Crippen LogP contribution in [0.5, 0.6) is 0 Å². The average Bonchev–Trinajstić information content (AvgIpc) is 3.13. The number of amides is 1. The summed E-state index contributed by atoms with van der Waals surface area (Å²) in [5.74, 6) is -0.356. The topological polar surface area (TPSA) is 142 Å². The van der Waals surface area contributed by atoms with Crippen LogP contribution in [0.3, 0.4) is 0 Å². The highest BCUT2D eigenvalue weighted by molar-refractivity contribution is 7.99. The Morgan fingerprint density at radius 2 is 1.98 bits per heavy atom. The molecule has 1 amide bonds. The summed E-state index contributed by atoms with van der Waals surface area (Å²) in [7, 11) is 0. The van der Waals surface area contributed by atoms with E-state index in [1.807, 2.05) is 18.7 Å². The number of rotatable bonds is 6. The zero-order valence-electron chi connectivity index (χ0n) is 25.0. The van der Waals surface area contributed by atoms with Crippen LogP contribution >= 0.6 is 23.4 Å². The smallest absolute Gasteiger partial charge is 0.246 e. The number of carbonyl (C=O) groups excluding carboxylic acids is 1. The van der Waals surface area contributed by atoms with Gasteiger partial charge in [-0.1, -0.05) is 24.2 Å². The number of nitrogens with zero attached hydrogens (tertiary/aromatic N) is 3. The molecule has 1 saturated heterocycles. The Morgan fingerprint density at radius 3 is 2.64 bits per heavy atom. The molecule has 3 unspecified atom stereocenters. The van der Waals surface area contributed by atoms with Gasteiger partial charge in [-0.25, -0.2) is 4.39 Å². The number of aliphatic hydroxyl groups excluding tert-OH is 1. The van der Waals surface area contributed by atoms with Crippen LogP contribution in [0.15, 0.2) is 41.9 Å². The number of amidine groups is 1. The standard InChI is InChI=1S/C32H35ClFN7O2S/c1-6-22(43)40-13-19-14-44-31-25(32(37)41(19)12-17(40)4)30(39-28-16(3)9-10-38-29(28)18(5)42)27(34)24(26(31)33)23-15(2)7-8-21(36)20(23)11-35/h6-11,17-19,35,37,39,42H,1,12-14,36H2,2-5H3. The van der Waals surface area contributed by atoms with E-state index in [-0.39, 0.29) is 45.7 Å². The van der Waals surface area contributed by atoms with Crippen molar-refractivity contribution in [1.82, 2.24) is 14.8 Å². The van der Waals surface area contributed by atoms with Gasteiger partial charge < -0.3 is 31.4 Å². The number of aromatic nitrogens is 1. The fraction of sp³-hybridized carbons (Fsp3) is 0.312. The second-order valence-electron chi connectivity index (χ2n) is 11.2. The average molecular weight is 636 g/mol. The summed E-state index contributed by atoms with van der Waals surface area (Å²) in [6.45, 7) is 11.5. The number of fused-ring (bicyclic) bond motifs is 2. The highest BCUT2D eigenvalue weighted by Crippen LogP contribution is 2.50. The number of benzene rings is 2. The molecule has 9 nitrogen and oxygen atoms in total. The highest BCUT2D eigenvalue weighted by atomic mass is 35.5. The normalized spacial score (nSPS) is 18.7. The second kappa shape index (κ2) is 12.2. The number of nitrogens with one attached hydrogen (secondary N) is 3. The molecule has 230 valence electrons. The molecule has 0 bridgehead atoms. The lowest BCUT2D eigenvalue weighted by Crippen LogP contribution is -2.60. The van der Waals surface area contributed by atoms with E-state index in [2.05, 4.69) is 16.9 Å². The molecule has 2 aliphatic rings. The number of thioether (sulfide) groups is 1. The Morgan fingerprint density at radius 1 is 1.25 bits per heavy atom. The van der Waals surface area contributed by atoms with Crippen molar-refractivity contribution in [3.63, 3.8) is 0 Å². The molecule has 2 aliphatic heterocycles. The third-order valence-electron chi connectivity index (χ3n) is 8.29. The molecule has 12 heteroatoms. The largest absolute Gasteiger partial charge is 0.398 e. The van der Waals surface area contributed by atoms with Gasteiger partial charge in [0.25, 0.3) is 0 Å². The molecule has 0 saturated carbocycles. The van der Waals surface area contributed by atoms with Gasteiger partial charge in [0.15, 0.2) is 5.82 Å². The molecule has 1 fully saturated rings. The highest BCUT2D eigenvalue weighted by Gasteiger charge is 2.40. The van der Waals surface area contributed by atoms with E-state index in [4.69, 9.17) is 22.7 Å². The molecular weight excluding hydrogens is 601 g/mol. The fourth-order valence-corrected chi connectivity index (χ4v) is 7.64. The van der Waals surface area contributed by atoms with E-state index >= 15 is 4.39 Å². The number of hydrogen-bond donors (Lipinski definition) is 5. The van der Waals surface area contributed by atoms with E-state index in [0.29, 0.717) is 57.5 Å². The molecule has 6 N–H and O–H groups in total. The monoisotopic (exact) mass is 635 g/mol. The number of halogens is 2. The lowest BCUT2D eigenvalue weighted by molar-refractivity contribution is -0.130. The maximum atomic E-state index is 17.3. The molecule has 3 atom stereocenters. The molecule has 1 aromatic heterocycles. The number of pyridine rings is 1. The van der Waals surface area contributed by atoms with Gasteiger partial charge in [0, 0.05) is 59.0 Å². The molecule has 0 spiro atoms. The predicted molar refractivity (Wildman–Crippen MR) is 176 cm³/mol. The minimum atomic E-state index is -0.957. The van der Waals surface area contributed by atoms with Crippen molar-refractivity contribution in [3.05, 3.63) is 75.8 Å². The van der Waals surface area contributed by atoms with Crippen molar-refractivity contribution >= 4 is 58.4 Å². The number of anilines is 3. The number of carbonyl (C=O) groups is 1. The fourth-order valence-electron chi connectivity index (χ4n) is 5.98. The van der Waals surface area contributed by atoms with Gasteiger partial charge in [-0.15, -0.1) is 11.8 Å². The molecule has 0 radical (unpaired) electrons. The van der Waals surface area contributed by atoms with E-state index in [1.165, 1.54) is 17.8 Å². The van der Waals surface area contributed by atoms with Crippen molar-refractivity contribution in [2.45, 2.75) is 50.8 Å². The second-order valence-corrected chi connectivity index (χ2v) is 12.6. The summed E-state index contributed by atoms with van der Waals surface area (Å²) in [5.41, 5.74) is 9.74. The summed E-state index contributed by atoms with van der Waals surface area (Å²) in [6, 6.07) is 4.72. The van der Waals surface area contributed by atoms with Crippen molar-refractivity contribution in [1.29, 1.82) is 10.8 Å². The molecule has 3 heterocycles. The maximum Gasteiger partial charge on any atom is 0.246 e. The van der Waals surface area contributed by atoms with Gasteiger partial charge >= 0.3 is 0 Å². The first-order valence-electron chi connectivity index (χ1n) is 14.2. The van der Waals surface area contributed by atoms with Gasteiger partial charge in [0.05, 0.1) is 39.8 Å². The Bertz CT molecular complexity index is 1710. The first-order valence-corrected chi connectivity index (χ1v) is 15.5. The number of aryl methyl sites for hydroxylation is 2. The molecule has 44 heavy (non-hydrogen) atoms. The van der Waals surface area contributed by atoms with Gasteiger partial charge in [-0.3, -0.25) is 15.2 Å². The third kappa shape index (κ3) is 5.22. The van der Waals surface area contributed by atoms with Crippen molar-refractivity contribution in [2.24, 2.45) is 0 Å². The maximum absolute atomic E-state index is 17.3. The summed E-state index contributed by atoms with van der Waals surface area (Å²) < 4.78 is 17.3. The summed E-state index contributed by atoms with van der Waals surface area (Å²) in [6.07, 6.45) is 3.00. The van der Waals surface area contributed by atoms with Gasteiger partial charge in [-0.05, 0) is 62.6 Å². The minimum absolute atomic E-state index is 0.00514. The van der Waals surface area contributed by atoms with Gasteiger partial charge in [0.1, 0.15) is 5.84 Å². The first-order chi connectivity index (χ1) is 20.9. The number of nitrogen functional groups attached to an aromatic ring is 1. The Balaban J connectivity index is 1.80. The van der Waals surface area contributed by atoms with Crippen LogP contribution in [-0.4, -0.2) is 68.8 Å². The number of piperazine rings is 1. The summed E-state index contributed by atoms with van der Waals surface area (Å²) in [5, 5.41) is 31.4. The quantitative estimate of drug-likeness (QED) is 0.126. The number of hydrogen-bond acceptors (Lipinski definition) is 8. The van der Waals surface area contributed by atoms with E-state index < -0.39 is 11.9 Å². The molecule has 0 aliphatic carbocycles. The van der Waals surface area contributed by atoms with Crippen molar-refractivity contribution in [2.75, 3.05) is 29.9 Å². The van der Waals surface area contributed by atoms with Gasteiger partial charge in [0.2, 0.25) is 5.91 Å². The van der Waals surface area contributed by atoms with Crippen LogP contribution in [0.2, 0.25) is 5.02 Å². The lowest BCUT2D eigenvalue weighted by Gasteiger charge is -2.45. The zero-order valence-corrected chi connectivity index (χ0v) is 26.5. The SMILES string of the molecule is C=CC(=O)N1CC2CSc3c(Cl)c(-c4c(C)ccc(N)c4C=N)c(F)c(Nc4c(C)ccnc4C(C)O)c3C(=N)N2CC1C. The van der Waals surface area contributed by atoms with Crippen LogP contribution in [0, 0.1) is 30.5 Å². The van der Waals surface area contributed by atoms with Crippen LogP contribution in [0.25, 0.3) is 11.1 Å². The van der Waals surface area contributed by atoms with E-state index in [9.17, 15) is 15.3 Å². The van der Waals surface area contributed by atoms with Crippen LogP contribution in [-0.2, 0) is 4.79 Å². The molecule has 2 aromatic carbocycles. The minimum Gasteiger partial charge on any atom is -0.398 e. The van der Waals surface area contributed by atoms with Crippen molar-refractivity contribution in [3.8, 4) is 11.1 Å². The lowest BCUT2D eigenvalue weighted by atomic mass is 9.91. The Labute approximate surface area is 265 Å². The van der Waals surface area contributed by atoms with Crippen LogP contribution < -0.4 is 11.1 Å². The Hall–Kier alpha value is -3.93. The first kappa shape index (κ1) is 31.5.